The maximum atomic E-state index is 13.4. The Morgan fingerprint density at radius 3 is 2.75 bits per heavy atom. The van der Waals surface area contributed by atoms with Crippen LogP contribution in [0.3, 0.4) is 0 Å². The first-order valence-corrected chi connectivity index (χ1v) is 6.17. The van der Waals surface area contributed by atoms with E-state index in [1.165, 1.54) is 6.07 Å². The number of anilines is 1. The Bertz CT molecular complexity index is 750. The van der Waals surface area contributed by atoms with Gasteiger partial charge in [0.15, 0.2) is 5.82 Å². The van der Waals surface area contributed by atoms with Crippen molar-refractivity contribution < 1.29 is 4.39 Å². The van der Waals surface area contributed by atoms with Gasteiger partial charge in [-0.3, -0.25) is 10.1 Å². The summed E-state index contributed by atoms with van der Waals surface area (Å²) < 4.78 is 13.4. The van der Waals surface area contributed by atoms with Crippen molar-refractivity contribution in [3.8, 4) is 22.4 Å². The quantitative estimate of drug-likeness (QED) is 0.750. The Balaban J connectivity index is 2.18. The molecule has 0 aliphatic rings. The lowest BCUT2D eigenvalue weighted by molar-refractivity contribution is 0.619. The zero-order valence-corrected chi connectivity index (χ0v) is 10.9. The summed E-state index contributed by atoms with van der Waals surface area (Å²) in [5.74, 6) is 0.166. The summed E-state index contributed by atoms with van der Waals surface area (Å²) in [4.78, 5) is 4.09. The van der Waals surface area contributed by atoms with Crippen molar-refractivity contribution in [2.45, 2.75) is 6.92 Å². The molecule has 2 aromatic heterocycles. The fourth-order valence-corrected chi connectivity index (χ4v) is 2.17. The van der Waals surface area contributed by atoms with Crippen LogP contribution in [0.25, 0.3) is 22.4 Å². The van der Waals surface area contributed by atoms with E-state index in [1.54, 1.807) is 31.5 Å². The highest BCUT2D eigenvalue weighted by atomic mass is 19.1. The van der Waals surface area contributed by atoms with Crippen molar-refractivity contribution in [3.05, 3.63) is 54.1 Å². The van der Waals surface area contributed by atoms with Gasteiger partial charge < -0.3 is 5.73 Å². The summed E-state index contributed by atoms with van der Waals surface area (Å²) in [6.07, 6.45) is 3.42. The molecule has 20 heavy (non-hydrogen) atoms. The van der Waals surface area contributed by atoms with E-state index >= 15 is 0 Å². The fraction of sp³-hybridized carbons (Fsp3) is 0.0667. The van der Waals surface area contributed by atoms with Crippen molar-refractivity contribution in [1.29, 1.82) is 0 Å². The molecule has 5 heteroatoms. The third-order valence-electron chi connectivity index (χ3n) is 3.19. The van der Waals surface area contributed by atoms with Crippen LogP contribution in [0.4, 0.5) is 10.2 Å². The molecule has 0 saturated heterocycles. The molecule has 3 N–H and O–H groups in total. The van der Waals surface area contributed by atoms with Gasteiger partial charge >= 0.3 is 0 Å². The molecule has 1 aromatic carbocycles. The molecular formula is C15H13FN4. The Morgan fingerprint density at radius 1 is 1.20 bits per heavy atom. The standard InChI is InChI=1S/C15H13FN4/c1-9-7-10(4-5-12(9)16)14-13(15(17)20-19-14)11-3-2-6-18-8-11/h2-8H,1H3,(H3,17,19,20). The van der Waals surface area contributed by atoms with Crippen molar-refractivity contribution in [2.24, 2.45) is 0 Å². The molecule has 100 valence electrons. The number of hydrogen-bond acceptors (Lipinski definition) is 3. The molecule has 0 amide bonds. The molecule has 0 aliphatic carbocycles. The molecule has 4 nitrogen and oxygen atoms in total. The van der Waals surface area contributed by atoms with Crippen LogP contribution in [0.1, 0.15) is 5.56 Å². The molecule has 0 aliphatic heterocycles. The minimum Gasteiger partial charge on any atom is -0.382 e. The van der Waals surface area contributed by atoms with Crippen molar-refractivity contribution in [3.63, 3.8) is 0 Å². The van der Waals surface area contributed by atoms with Gasteiger partial charge in [0, 0.05) is 23.5 Å². The number of aromatic nitrogens is 3. The molecule has 0 atom stereocenters. The van der Waals surface area contributed by atoms with Gasteiger partial charge in [-0.15, -0.1) is 0 Å². The average Bonchev–Trinajstić information content (AvgIpc) is 2.85. The number of nitrogens with one attached hydrogen (secondary N) is 1. The molecule has 0 fully saturated rings. The second-order valence-corrected chi connectivity index (χ2v) is 4.56. The Morgan fingerprint density at radius 2 is 2.05 bits per heavy atom. The second kappa shape index (κ2) is 4.77. The maximum absolute atomic E-state index is 13.4. The van der Waals surface area contributed by atoms with Crippen LogP contribution < -0.4 is 5.73 Å². The van der Waals surface area contributed by atoms with Gasteiger partial charge in [0.2, 0.25) is 0 Å². The minimum absolute atomic E-state index is 0.232. The van der Waals surface area contributed by atoms with E-state index < -0.39 is 0 Å². The number of halogens is 1. The summed E-state index contributed by atoms with van der Waals surface area (Å²) in [5, 5.41) is 6.96. The van der Waals surface area contributed by atoms with Crippen molar-refractivity contribution in [2.75, 3.05) is 5.73 Å². The molecule has 3 aromatic rings. The number of pyridine rings is 1. The van der Waals surface area contributed by atoms with Gasteiger partial charge in [-0.05, 0) is 36.8 Å². The normalized spacial score (nSPS) is 10.7. The number of rotatable bonds is 2. The Kier molecular flexibility index (Phi) is 2.95. The lowest BCUT2D eigenvalue weighted by Gasteiger charge is -2.05. The summed E-state index contributed by atoms with van der Waals surface area (Å²) in [6, 6.07) is 8.65. The SMILES string of the molecule is Cc1cc(-c2[nH]nc(N)c2-c2cccnc2)ccc1F. The summed E-state index contributed by atoms with van der Waals surface area (Å²) in [6.45, 7) is 1.72. The summed E-state index contributed by atoms with van der Waals surface area (Å²) >= 11 is 0. The predicted octanol–water partition coefficient (Wildman–Crippen LogP) is 3.17. The fourth-order valence-electron chi connectivity index (χ4n) is 2.17. The zero-order chi connectivity index (χ0) is 14.1. The molecule has 0 spiro atoms. The zero-order valence-electron chi connectivity index (χ0n) is 10.9. The van der Waals surface area contributed by atoms with Crippen LogP contribution in [0.5, 0.6) is 0 Å². The van der Waals surface area contributed by atoms with E-state index in [9.17, 15) is 4.39 Å². The third-order valence-corrected chi connectivity index (χ3v) is 3.19. The highest BCUT2D eigenvalue weighted by Gasteiger charge is 2.15. The van der Waals surface area contributed by atoms with Gasteiger partial charge in [0.1, 0.15) is 5.82 Å². The number of hydrogen-bond donors (Lipinski definition) is 2. The molecule has 0 saturated carbocycles. The van der Waals surface area contributed by atoms with Gasteiger partial charge in [0.05, 0.1) is 11.3 Å². The van der Waals surface area contributed by atoms with Crippen LogP contribution >= 0.6 is 0 Å². The lowest BCUT2D eigenvalue weighted by Crippen LogP contribution is -1.90. The first kappa shape index (κ1) is 12.3. The number of benzene rings is 1. The Hall–Kier alpha value is -2.69. The minimum atomic E-state index is -0.232. The van der Waals surface area contributed by atoms with Gasteiger partial charge in [-0.1, -0.05) is 6.07 Å². The van der Waals surface area contributed by atoms with E-state index in [4.69, 9.17) is 5.73 Å². The first-order chi connectivity index (χ1) is 9.66. The van der Waals surface area contributed by atoms with Crippen molar-refractivity contribution >= 4 is 5.82 Å². The second-order valence-electron chi connectivity index (χ2n) is 4.56. The maximum Gasteiger partial charge on any atom is 0.153 e. The van der Waals surface area contributed by atoms with Gasteiger partial charge in [0.25, 0.3) is 0 Å². The van der Waals surface area contributed by atoms with Crippen LogP contribution in [0.2, 0.25) is 0 Å². The molecular weight excluding hydrogens is 255 g/mol. The van der Waals surface area contributed by atoms with Crippen LogP contribution in [0, 0.1) is 12.7 Å². The third kappa shape index (κ3) is 2.03. The number of H-pyrrole nitrogens is 1. The van der Waals surface area contributed by atoms with E-state index in [0.717, 1.165) is 22.4 Å². The molecule has 2 heterocycles. The predicted molar refractivity (Wildman–Crippen MR) is 76.4 cm³/mol. The van der Waals surface area contributed by atoms with Gasteiger partial charge in [-0.2, -0.15) is 5.10 Å². The summed E-state index contributed by atoms with van der Waals surface area (Å²) in [5.41, 5.74) is 9.77. The topological polar surface area (TPSA) is 67.6 Å². The molecule has 3 rings (SSSR count). The number of aryl methyl sites for hydroxylation is 1. The largest absolute Gasteiger partial charge is 0.382 e. The smallest absolute Gasteiger partial charge is 0.153 e. The van der Waals surface area contributed by atoms with E-state index in [0.29, 0.717) is 11.4 Å². The number of aromatic amines is 1. The first-order valence-electron chi connectivity index (χ1n) is 6.17. The van der Waals surface area contributed by atoms with E-state index in [2.05, 4.69) is 15.2 Å². The number of nitrogens with two attached hydrogens (primary N) is 1. The molecule has 0 unspecified atom stereocenters. The molecule has 0 bridgehead atoms. The van der Waals surface area contributed by atoms with E-state index in [-0.39, 0.29) is 5.82 Å². The van der Waals surface area contributed by atoms with Crippen LogP contribution in [-0.4, -0.2) is 15.2 Å². The van der Waals surface area contributed by atoms with E-state index in [1.807, 2.05) is 12.1 Å². The van der Waals surface area contributed by atoms with Crippen molar-refractivity contribution in [1.82, 2.24) is 15.2 Å². The highest BCUT2D eigenvalue weighted by Crippen LogP contribution is 2.34. The highest BCUT2D eigenvalue weighted by molar-refractivity contribution is 5.87. The van der Waals surface area contributed by atoms with Crippen LogP contribution in [0.15, 0.2) is 42.7 Å². The summed E-state index contributed by atoms with van der Waals surface area (Å²) in [7, 11) is 0. The average molecular weight is 268 g/mol. The monoisotopic (exact) mass is 268 g/mol. The number of nitrogens with zero attached hydrogens (tertiary/aromatic N) is 2. The molecule has 0 radical (unpaired) electrons. The Labute approximate surface area is 115 Å². The number of nitrogen functional groups attached to an aromatic ring is 1. The lowest BCUT2D eigenvalue weighted by atomic mass is 10.0. The van der Waals surface area contributed by atoms with Crippen LogP contribution in [-0.2, 0) is 0 Å². The van der Waals surface area contributed by atoms with Gasteiger partial charge in [-0.25, -0.2) is 4.39 Å².